The Morgan fingerprint density at radius 3 is 1.22 bits per heavy atom. The summed E-state index contributed by atoms with van der Waals surface area (Å²) in [6.07, 6.45) is 18.3. The third-order valence-electron chi connectivity index (χ3n) is 13.2. The van der Waals surface area contributed by atoms with Crippen molar-refractivity contribution in [3.63, 3.8) is 0 Å². The first-order chi connectivity index (χ1) is 17.2. The normalized spacial score (nSPS) is 46.0. The van der Waals surface area contributed by atoms with Gasteiger partial charge >= 0.3 is 0 Å². The van der Waals surface area contributed by atoms with Crippen LogP contribution in [0.5, 0.6) is 0 Å². The quantitative estimate of drug-likeness (QED) is 0.412. The maximum atomic E-state index is 2.62. The van der Waals surface area contributed by atoms with E-state index in [-0.39, 0.29) is 0 Å². The number of aryl methyl sites for hydroxylation is 4. The summed E-state index contributed by atoms with van der Waals surface area (Å²) in [5.74, 6) is 3.93. The number of rotatable bonds is 3. The van der Waals surface area contributed by atoms with Crippen molar-refractivity contribution < 1.29 is 0 Å². The van der Waals surface area contributed by atoms with E-state index in [9.17, 15) is 0 Å². The van der Waals surface area contributed by atoms with Crippen molar-refractivity contribution >= 4 is 0 Å². The third kappa shape index (κ3) is 2.88. The number of hydrogen-bond acceptors (Lipinski definition) is 0. The van der Waals surface area contributed by atoms with E-state index in [4.69, 9.17) is 0 Å². The first-order valence-electron chi connectivity index (χ1n) is 15.4. The zero-order valence-electron chi connectivity index (χ0n) is 23.3. The van der Waals surface area contributed by atoms with Gasteiger partial charge in [-0.15, -0.1) is 0 Å². The molecule has 0 aliphatic heterocycles. The van der Waals surface area contributed by atoms with E-state index in [0.717, 1.165) is 23.7 Å². The van der Waals surface area contributed by atoms with Crippen LogP contribution < -0.4 is 0 Å². The van der Waals surface area contributed by atoms with E-state index in [1.54, 1.807) is 60.8 Å². The highest BCUT2D eigenvalue weighted by atomic mass is 14.7. The molecule has 10 rings (SSSR count). The van der Waals surface area contributed by atoms with Crippen LogP contribution in [-0.2, 0) is 10.8 Å². The molecule has 0 N–H and O–H groups in total. The molecule has 2 aromatic rings. The fourth-order valence-corrected chi connectivity index (χ4v) is 13.0. The summed E-state index contributed by atoms with van der Waals surface area (Å²) in [6.45, 7) is 9.49. The van der Waals surface area contributed by atoms with Crippen LogP contribution in [0.4, 0.5) is 0 Å². The van der Waals surface area contributed by atoms with Gasteiger partial charge in [-0.2, -0.15) is 0 Å². The molecule has 4 unspecified atom stereocenters. The maximum absolute atomic E-state index is 2.62. The van der Waals surface area contributed by atoms with Crippen LogP contribution in [0.15, 0.2) is 36.4 Å². The molecule has 36 heavy (non-hydrogen) atoms. The molecule has 0 amide bonds. The van der Waals surface area contributed by atoms with Crippen molar-refractivity contribution in [2.45, 2.75) is 116 Å². The Bertz CT molecular complexity index is 1120. The molecule has 0 heteroatoms. The van der Waals surface area contributed by atoms with E-state index < -0.39 is 0 Å². The lowest BCUT2D eigenvalue weighted by Crippen LogP contribution is -2.66. The van der Waals surface area contributed by atoms with Crippen molar-refractivity contribution in [2.24, 2.45) is 34.5 Å². The molecule has 8 aliphatic rings. The minimum Gasteiger partial charge on any atom is -0.0590 e. The Labute approximate surface area is 219 Å². The molecule has 0 radical (unpaired) electrons. The van der Waals surface area contributed by atoms with Gasteiger partial charge in [-0.3, -0.25) is 0 Å². The van der Waals surface area contributed by atoms with Gasteiger partial charge in [-0.1, -0.05) is 47.5 Å². The van der Waals surface area contributed by atoms with Crippen molar-refractivity contribution in [3.8, 4) is 0 Å². The molecule has 8 saturated carbocycles. The first-order valence-corrected chi connectivity index (χ1v) is 15.4. The SMILES string of the molecule is Cc1ccc(C)c(C23CC4CC(C2)CC(C25CC6CC(CC(c7cc(C)ccc7C)(C6)C2)C5)(C4)C3)c1. The molecular weight excluding hydrogens is 432 g/mol. The van der Waals surface area contributed by atoms with Crippen LogP contribution in [0.25, 0.3) is 0 Å². The van der Waals surface area contributed by atoms with Crippen molar-refractivity contribution in [2.75, 3.05) is 0 Å². The topological polar surface area (TPSA) is 0 Å². The van der Waals surface area contributed by atoms with Crippen LogP contribution in [0.1, 0.15) is 110 Å². The Hall–Kier alpha value is -1.56. The van der Waals surface area contributed by atoms with Crippen molar-refractivity contribution in [1.29, 1.82) is 0 Å². The predicted octanol–water partition coefficient (Wildman–Crippen LogP) is 9.30. The molecular formula is C36H46. The highest BCUT2D eigenvalue weighted by Crippen LogP contribution is 2.79. The second-order valence-corrected chi connectivity index (χ2v) is 15.7. The lowest BCUT2D eigenvalue weighted by molar-refractivity contribution is -0.212. The minimum atomic E-state index is 0.468. The highest BCUT2D eigenvalue weighted by molar-refractivity contribution is 5.42. The molecule has 2 aromatic carbocycles. The largest absolute Gasteiger partial charge is 0.0590 e. The van der Waals surface area contributed by atoms with Gasteiger partial charge in [0.05, 0.1) is 0 Å². The zero-order valence-corrected chi connectivity index (χ0v) is 23.3. The summed E-state index contributed by atoms with van der Waals surface area (Å²) in [5.41, 5.74) is 11.8. The molecule has 0 saturated heterocycles. The Kier molecular flexibility index (Phi) is 4.42. The predicted molar refractivity (Wildman–Crippen MR) is 149 cm³/mol. The summed E-state index contributed by atoms with van der Waals surface area (Å²) in [6, 6.07) is 14.8. The second-order valence-electron chi connectivity index (χ2n) is 15.7. The average molecular weight is 479 g/mol. The van der Waals surface area contributed by atoms with E-state index in [0.29, 0.717) is 21.7 Å². The molecule has 0 heterocycles. The lowest BCUT2D eigenvalue weighted by atomic mass is 9.30. The Morgan fingerprint density at radius 1 is 0.500 bits per heavy atom. The smallest absolute Gasteiger partial charge is 0.00335 e. The van der Waals surface area contributed by atoms with E-state index in [2.05, 4.69) is 64.1 Å². The summed E-state index contributed by atoms with van der Waals surface area (Å²) >= 11 is 0. The maximum Gasteiger partial charge on any atom is -0.00335 e. The second kappa shape index (κ2) is 7.09. The monoisotopic (exact) mass is 478 g/mol. The summed E-state index contributed by atoms with van der Waals surface area (Å²) in [5, 5.41) is 0. The van der Waals surface area contributed by atoms with E-state index >= 15 is 0 Å². The summed E-state index contributed by atoms with van der Waals surface area (Å²) < 4.78 is 0. The van der Waals surface area contributed by atoms with Gasteiger partial charge in [0, 0.05) is 0 Å². The van der Waals surface area contributed by atoms with Crippen LogP contribution in [0, 0.1) is 62.2 Å². The van der Waals surface area contributed by atoms with Crippen molar-refractivity contribution in [3.05, 3.63) is 69.8 Å². The van der Waals surface area contributed by atoms with Crippen LogP contribution in [0.3, 0.4) is 0 Å². The fourth-order valence-electron chi connectivity index (χ4n) is 13.0. The van der Waals surface area contributed by atoms with E-state index in [1.165, 1.54) is 49.7 Å². The molecule has 8 bridgehead atoms. The van der Waals surface area contributed by atoms with Gasteiger partial charge in [0.25, 0.3) is 0 Å². The highest BCUT2D eigenvalue weighted by Gasteiger charge is 2.70. The third-order valence-corrected chi connectivity index (χ3v) is 13.2. The van der Waals surface area contributed by atoms with Crippen LogP contribution in [0.2, 0.25) is 0 Å². The van der Waals surface area contributed by atoms with Crippen LogP contribution >= 0.6 is 0 Å². The summed E-state index contributed by atoms with van der Waals surface area (Å²) in [4.78, 5) is 0. The standard InChI is InChI=1S/C36H46/c1-23-5-7-25(3)31(9-23)33-13-27-11-28(14-33)18-35(17-27,21-33)36-19-29-12-30(20-36)16-34(15-29,22-36)32-10-24(2)6-8-26(32)4/h5-10,27-30H,11-22H2,1-4H3. The van der Waals surface area contributed by atoms with Gasteiger partial charge < -0.3 is 0 Å². The van der Waals surface area contributed by atoms with Gasteiger partial charge in [0.2, 0.25) is 0 Å². The van der Waals surface area contributed by atoms with Crippen LogP contribution in [-0.4, -0.2) is 0 Å². The summed E-state index contributed by atoms with van der Waals surface area (Å²) in [7, 11) is 0. The zero-order chi connectivity index (χ0) is 24.5. The Balaban J connectivity index is 1.26. The number of hydrogen-bond donors (Lipinski definition) is 0. The van der Waals surface area contributed by atoms with E-state index in [1.807, 2.05) is 0 Å². The lowest BCUT2D eigenvalue weighted by Gasteiger charge is -2.74. The minimum absolute atomic E-state index is 0.468. The molecule has 8 fully saturated rings. The van der Waals surface area contributed by atoms with Gasteiger partial charge in [-0.05, 0) is 172 Å². The molecule has 0 spiro atoms. The molecule has 8 aliphatic carbocycles. The van der Waals surface area contributed by atoms with Gasteiger partial charge in [-0.25, -0.2) is 0 Å². The van der Waals surface area contributed by atoms with Crippen molar-refractivity contribution in [1.82, 2.24) is 0 Å². The molecule has 0 aromatic heterocycles. The number of benzene rings is 2. The molecule has 4 atom stereocenters. The van der Waals surface area contributed by atoms with Gasteiger partial charge in [0.15, 0.2) is 0 Å². The Morgan fingerprint density at radius 2 is 0.861 bits per heavy atom. The van der Waals surface area contributed by atoms with Gasteiger partial charge in [0.1, 0.15) is 0 Å². The molecule has 0 nitrogen and oxygen atoms in total. The molecule has 190 valence electrons. The fraction of sp³-hybridized carbons (Fsp3) is 0.667. The average Bonchev–Trinajstić information content (AvgIpc) is 2.80. The first kappa shape index (κ1) is 22.4.